The van der Waals surface area contributed by atoms with Gasteiger partial charge in [0.05, 0.1) is 5.69 Å². The summed E-state index contributed by atoms with van der Waals surface area (Å²) in [5.41, 5.74) is 3.04. The number of rotatable bonds is 5. The summed E-state index contributed by atoms with van der Waals surface area (Å²) in [7, 11) is 0. The first-order valence-corrected chi connectivity index (χ1v) is 11.4. The number of nitrogens with zero attached hydrogens (tertiary/aromatic N) is 2. The molecular weight excluding hydrogens is 402 g/mol. The van der Waals surface area contributed by atoms with Crippen molar-refractivity contribution in [3.8, 4) is 5.75 Å². The van der Waals surface area contributed by atoms with Gasteiger partial charge in [-0.2, -0.15) is 0 Å². The molecule has 2 aliphatic rings. The van der Waals surface area contributed by atoms with Crippen LogP contribution in [-0.4, -0.2) is 49.0 Å². The van der Waals surface area contributed by atoms with Crippen molar-refractivity contribution in [2.45, 2.75) is 51.6 Å². The molecule has 0 bridgehead atoms. The summed E-state index contributed by atoms with van der Waals surface area (Å²) in [5, 5.41) is 3.15. The molecule has 0 aliphatic carbocycles. The van der Waals surface area contributed by atoms with Crippen LogP contribution in [0.25, 0.3) is 0 Å². The molecule has 2 aromatic carbocycles. The van der Waals surface area contributed by atoms with Crippen LogP contribution in [0, 0.1) is 0 Å². The summed E-state index contributed by atoms with van der Waals surface area (Å²) in [5.74, 6) is 0.352. The molecule has 2 heterocycles. The third-order valence-corrected chi connectivity index (χ3v) is 6.27. The number of fused-ring (bicyclic) bond motifs is 1. The maximum Gasteiger partial charge on any atom is 0.265 e. The fourth-order valence-electron chi connectivity index (χ4n) is 4.34. The fourth-order valence-corrected chi connectivity index (χ4v) is 4.34. The summed E-state index contributed by atoms with van der Waals surface area (Å²) < 4.78 is 5.60. The van der Waals surface area contributed by atoms with Crippen molar-refractivity contribution in [1.29, 1.82) is 0 Å². The number of hydrogen-bond acceptors (Lipinski definition) is 4. The van der Waals surface area contributed by atoms with Crippen molar-refractivity contribution in [1.82, 2.24) is 10.2 Å². The minimum Gasteiger partial charge on any atom is -0.482 e. The van der Waals surface area contributed by atoms with Crippen LogP contribution in [0.5, 0.6) is 5.75 Å². The Morgan fingerprint density at radius 1 is 1.09 bits per heavy atom. The minimum atomic E-state index is -0.184. The molecule has 0 unspecified atom stereocenters. The second-order valence-electron chi connectivity index (χ2n) is 9.80. The Morgan fingerprint density at radius 3 is 2.50 bits per heavy atom. The van der Waals surface area contributed by atoms with E-state index in [9.17, 15) is 9.59 Å². The first kappa shape index (κ1) is 22.3. The standard InChI is InChI=1S/C26H33N3O3/c1-26(2,3)20-9-10-23-22(15-20)29(25(31)18-32-23)17-24(30)27-21-11-13-28(14-12-21)16-19-7-5-4-6-8-19/h4-10,15,21H,11-14,16-18H2,1-3H3,(H,27,30). The highest BCUT2D eigenvalue weighted by molar-refractivity contribution is 6.02. The van der Waals surface area contributed by atoms with Gasteiger partial charge in [0.1, 0.15) is 12.3 Å². The maximum atomic E-state index is 12.8. The SMILES string of the molecule is CC(C)(C)c1ccc2c(c1)N(CC(=O)NC1CCN(Cc3ccccc3)CC1)C(=O)CO2. The average molecular weight is 436 g/mol. The molecule has 1 saturated heterocycles. The third kappa shape index (κ3) is 5.30. The number of ether oxygens (including phenoxy) is 1. The van der Waals surface area contributed by atoms with E-state index < -0.39 is 0 Å². The van der Waals surface area contributed by atoms with Crippen LogP contribution in [-0.2, 0) is 21.5 Å². The first-order chi connectivity index (χ1) is 15.3. The van der Waals surface area contributed by atoms with Gasteiger partial charge in [0, 0.05) is 25.7 Å². The zero-order valence-electron chi connectivity index (χ0n) is 19.3. The van der Waals surface area contributed by atoms with Gasteiger partial charge in [-0.05, 0) is 41.5 Å². The van der Waals surface area contributed by atoms with E-state index in [-0.39, 0.29) is 36.4 Å². The van der Waals surface area contributed by atoms with Crippen LogP contribution < -0.4 is 15.0 Å². The third-order valence-electron chi connectivity index (χ3n) is 6.27. The van der Waals surface area contributed by atoms with E-state index in [4.69, 9.17) is 4.74 Å². The van der Waals surface area contributed by atoms with Crippen molar-refractivity contribution in [3.63, 3.8) is 0 Å². The van der Waals surface area contributed by atoms with Gasteiger partial charge in [-0.25, -0.2) is 0 Å². The van der Waals surface area contributed by atoms with Gasteiger partial charge in [-0.1, -0.05) is 57.2 Å². The quantitative estimate of drug-likeness (QED) is 0.781. The highest BCUT2D eigenvalue weighted by Crippen LogP contribution is 2.36. The van der Waals surface area contributed by atoms with E-state index >= 15 is 0 Å². The molecule has 4 rings (SSSR count). The molecule has 1 fully saturated rings. The summed E-state index contributed by atoms with van der Waals surface area (Å²) in [6.45, 7) is 9.21. The Balaban J connectivity index is 1.34. The summed E-state index contributed by atoms with van der Waals surface area (Å²) in [6.07, 6.45) is 1.83. The molecule has 6 nitrogen and oxygen atoms in total. The Morgan fingerprint density at radius 2 is 1.81 bits per heavy atom. The molecule has 0 atom stereocenters. The van der Waals surface area contributed by atoms with Gasteiger partial charge in [0.15, 0.2) is 6.61 Å². The van der Waals surface area contributed by atoms with Gasteiger partial charge < -0.3 is 10.1 Å². The molecule has 2 amide bonds. The van der Waals surface area contributed by atoms with Crippen molar-refractivity contribution < 1.29 is 14.3 Å². The lowest BCUT2D eigenvalue weighted by atomic mass is 9.86. The van der Waals surface area contributed by atoms with Crippen molar-refractivity contribution in [3.05, 3.63) is 59.7 Å². The van der Waals surface area contributed by atoms with Gasteiger partial charge in [-0.15, -0.1) is 0 Å². The van der Waals surface area contributed by atoms with Crippen molar-refractivity contribution in [2.24, 2.45) is 0 Å². The van der Waals surface area contributed by atoms with E-state index in [1.165, 1.54) is 5.56 Å². The topological polar surface area (TPSA) is 61.9 Å². The molecule has 32 heavy (non-hydrogen) atoms. The van der Waals surface area contributed by atoms with Crippen LogP contribution in [0.3, 0.4) is 0 Å². The largest absolute Gasteiger partial charge is 0.482 e. The highest BCUT2D eigenvalue weighted by atomic mass is 16.5. The molecule has 0 saturated carbocycles. The van der Waals surface area contributed by atoms with E-state index in [0.717, 1.165) is 38.0 Å². The summed E-state index contributed by atoms with van der Waals surface area (Å²) >= 11 is 0. The van der Waals surface area contributed by atoms with Gasteiger partial charge in [0.2, 0.25) is 5.91 Å². The Hall–Kier alpha value is -2.86. The van der Waals surface area contributed by atoms with Crippen LogP contribution in [0.1, 0.15) is 44.7 Å². The first-order valence-electron chi connectivity index (χ1n) is 11.4. The van der Waals surface area contributed by atoms with Crippen LogP contribution >= 0.6 is 0 Å². The molecular formula is C26H33N3O3. The molecule has 1 N–H and O–H groups in total. The van der Waals surface area contributed by atoms with Gasteiger partial charge in [-0.3, -0.25) is 19.4 Å². The number of hydrogen-bond donors (Lipinski definition) is 1. The predicted molar refractivity (Wildman–Crippen MR) is 126 cm³/mol. The number of benzene rings is 2. The zero-order chi connectivity index (χ0) is 22.7. The molecule has 0 aromatic heterocycles. The summed E-state index contributed by atoms with van der Waals surface area (Å²) in [6, 6.07) is 16.5. The lowest BCUT2D eigenvalue weighted by Gasteiger charge is -2.34. The molecule has 0 spiro atoms. The normalized spacial score (nSPS) is 17.6. The molecule has 6 heteroatoms. The molecule has 2 aromatic rings. The molecule has 0 radical (unpaired) electrons. The Bertz CT molecular complexity index is 960. The number of anilines is 1. The lowest BCUT2D eigenvalue weighted by Crippen LogP contribution is -2.49. The number of piperidine rings is 1. The predicted octanol–water partition coefficient (Wildman–Crippen LogP) is 3.49. The smallest absolute Gasteiger partial charge is 0.265 e. The van der Waals surface area contributed by atoms with Crippen LogP contribution in [0.2, 0.25) is 0 Å². The number of nitrogens with one attached hydrogen (secondary N) is 1. The fraction of sp³-hybridized carbons (Fsp3) is 0.462. The van der Waals surface area contributed by atoms with Crippen LogP contribution in [0.15, 0.2) is 48.5 Å². The number of amides is 2. The molecule has 170 valence electrons. The Labute approximate surface area is 190 Å². The van der Waals surface area contributed by atoms with E-state index in [1.807, 2.05) is 24.3 Å². The van der Waals surface area contributed by atoms with E-state index in [1.54, 1.807) is 4.90 Å². The van der Waals surface area contributed by atoms with Crippen molar-refractivity contribution >= 4 is 17.5 Å². The van der Waals surface area contributed by atoms with E-state index in [0.29, 0.717) is 11.4 Å². The maximum absolute atomic E-state index is 12.8. The van der Waals surface area contributed by atoms with Gasteiger partial charge in [0.25, 0.3) is 5.91 Å². The monoisotopic (exact) mass is 435 g/mol. The number of likely N-dealkylation sites (tertiary alicyclic amines) is 1. The zero-order valence-corrected chi connectivity index (χ0v) is 19.3. The van der Waals surface area contributed by atoms with E-state index in [2.05, 4.69) is 55.3 Å². The van der Waals surface area contributed by atoms with Crippen LogP contribution in [0.4, 0.5) is 5.69 Å². The summed E-state index contributed by atoms with van der Waals surface area (Å²) in [4.78, 5) is 29.4. The second-order valence-corrected chi connectivity index (χ2v) is 9.80. The second kappa shape index (κ2) is 9.33. The highest BCUT2D eigenvalue weighted by Gasteiger charge is 2.30. The Kier molecular flexibility index (Phi) is 6.51. The number of carbonyl (C=O) groups is 2. The number of carbonyl (C=O) groups excluding carboxylic acids is 2. The van der Waals surface area contributed by atoms with Crippen molar-refractivity contribution in [2.75, 3.05) is 31.1 Å². The molecule has 2 aliphatic heterocycles. The van der Waals surface area contributed by atoms with Gasteiger partial charge >= 0.3 is 0 Å². The average Bonchev–Trinajstić information content (AvgIpc) is 2.77. The lowest BCUT2D eigenvalue weighted by molar-refractivity contribution is -0.125. The minimum absolute atomic E-state index is 0.0209.